The molecule has 0 spiro atoms. The molecule has 2 aromatic rings. The molecule has 0 saturated carbocycles. The summed E-state index contributed by atoms with van der Waals surface area (Å²) in [5.74, 6) is 1.98. The van der Waals surface area contributed by atoms with Gasteiger partial charge in [-0.3, -0.25) is 4.79 Å². The van der Waals surface area contributed by atoms with E-state index in [1.54, 1.807) is 0 Å². The summed E-state index contributed by atoms with van der Waals surface area (Å²) < 4.78 is 0.476. The Morgan fingerprint density at radius 3 is 2.52 bits per heavy atom. The van der Waals surface area contributed by atoms with E-state index in [2.05, 4.69) is 55.1 Å². The van der Waals surface area contributed by atoms with Crippen molar-refractivity contribution in [3.8, 4) is 11.1 Å². The molecule has 1 heterocycles. The Morgan fingerprint density at radius 2 is 1.83 bits per heavy atom. The number of hydrogen-bond acceptors (Lipinski definition) is 4. The zero-order valence-electron chi connectivity index (χ0n) is 12.7. The van der Waals surface area contributed by atoms with E-state index in [0.717, 1.165) is 11.5 Å². The lowest BCUT2D eigenvalue weighted by Gasteiger charge is -2.11. The van der Waals surface area contributed by atoms with Crippen LogP contribution in [0.5, 0.6) is 0 Å². The fraction of sp³-hybridized carbons (Fsp3) is 0.211. The van der Waals surface area contributed by atoms with Crippen molar-refractivity contribution in [1.29, 1.82) is 0 Å². The third-order valence-corrected chi connectivity index (χ3v) is 8.21. The van der Waals surface area contributed by atoms with Crippen LogP contribution in [0.3, 0.4) is 0 Å². The maximum Gasteiger partial charge on any atom is 0.211 e. The first-order valence-electron chi connectivity index (χ1n) is 7.48. The topological polar surface area (TPSA) is 17.1 Å². The Labute approximate surface area is 150 Å². The molecule has 3 rings (SSSR count). The van der Waals surface area contributed by atoms with Gasteiger partial charge < -0.3 is 0 Å². The Hall–Kier alpha value is -1.10. The van der Waals surface area contributed by atoms with Crippen molar-refractivity contribution in [3.05, 3.63) is 72.8 Å². The van der Waals surface area contributed by atoms with Gasteiger partial charge in [-0.2, -0.15) is 0 Å². The average molecular weight is 359 g/mol. The summed E-state index contributed by atoms with van der Waals surface area (Å²) in [5.41, 5.74) is 3.87. The van der Waals surface area contributed by atoms with Gasteiger partial charge in [0, 0.05) is 16.8 Å². The average Bonchev–Trinajstić information content (AvgIpc) is 3.09. The summed E-state index contributed by atoms with van der Waals surface area (Å²) in [7, 11) is 0. The summed E-state index contributed by atoms with van der Waals surface area (Å²) in [4.78, 5) is 11.3. The summed E-state index contributed by atoms with van der Waals surface area (Å²) in [6.45, 7) is 3.52. The fourth-order valence-corrected chi connectivity index (χ4v) is 6.75. The van der Waals surface area contributed by atoms with Gasteiger partial charge in [-0.15, -0.1) is 23.5 Å². The minimum atomic E-state index is 0.0752. The third-order valence-electron chi connectivity index (χ3n) is 3.62. The van der Waals surface area contributed by atoms with Gasteiger partial charge in [0.05, 0.1) is 4.58 Å². The van der Waals surface area contributed by atoms with Gasteiger partial charge in [0.1, 0.15) is 0 Å². The van der Waals surface area contributed by atoms with E-state index in [4.69, 9.17) is 0 Å². The van der Waals surface area contributed by atoms with Gasteiger partial charge in [-0.1, -0.05) is 72.9 Å². The maximum absolute atomic E-state index is 11.3. The normalized spacial score (nSPS) is 20.3. The first-order valence-corrected chi connectivity index (χ1v) is 10.5. The van der Waals surface area contributed by atoms with Crippen LogP contribution in [0.25, 0.3) is 11.1 Å². The lowest BCUT2D eigenvalue weighted by atomic mass is 10.0. The van der Waals surface area contributed by atoms with Crippen molar-refractivity contribution in [2.75, 3.05) is 11.5 Å². The molecule has 0 amide bonds. The highest BCUT2D eigenvalue weighted by Gasteiger charge is 2.27. The summed E-state index contributed by atoms with van der Waals surface area (Å²) in [5, 5.41) is 0.610. The molecule has 4 heteroatoms. The maximum atomic E-state index is 11.3. The molecule has 1 saturated heterocycles. The van der Waals surface area contributed by atoms with E-state index in [1.807, 2.05) is 29.6 Å². The quantitative estimate of drug-likeness (QED) is 0.642. The number of thioether (sulfide) groups is 3. The Bertz CT molecular complexity index is 667. The number of rotatable bonds is 5. The predicted molar refractivity (Wildman–Crippen MR) is 106 cm³/mol. The summed E-state index contributed by atoms with van der Waals surface area (Å²) in [6, 6.07) is 19.3. The summed E-state index contributed by atoms with van der Waals surface area (Å²) in [6.07, 6.45) is 1.40. The number of carbonyl (C=O) groups excluding carboxylic acids is 1. The van der Waals surface area contributed by atoms with Crippen molar-refractivity contribution in [1.82, 2.24) is 0 Å². The highest BCUT2D eigenvalue weighted by atomic mass is 32.2. The lowest BCUT2D eigenvalue weighted by molar-refractivity contribution is -0.107. The smallest absolute Gasteiger partial charge is 0.211 e. The molecule has 1 fully saturated rings. The molecule has 0 aromatic heterocycles. The minimum absolute atomic E-state index is 0.0752. The van der Waals surface area contributed by atoms with Gasteiger partial charge in [0.25, 0.3) is 0 Å². The Balaban J connectivity index is 1.60. The molecule has 0 aliphatic carbocycles. The van der Waals surface area contributed by atoms with Crippen molar-refractivity contribution in [2.24, 2.45) is 0 Å². The summed E-state index contributed by atoms with van der Waals surface area (Å²) >= 11 is 5.33. The van der Waals surface area contributed by atoms with Gasteiger partial charge in [0.15, 0.2) is 0 Å². The highest BCUT2D eigenvalue weighted by molar-refractivity contribution is 8.21. The first-order chi connectivity index (χ1) is 11.3. The molecule has 1 aliphatic rings. The van der Waals surface area contributed by atoms with Crippen molar-refractivity contribution in [3.63, 3.8) is 0 Å². The molecular formula is C19H18OS3. The molecule has 0 radical (unpaired) electrons. The monoisotopic (exact) mass is 358 g/mol. The van der Waals surface area contributed by atoms with E-state index in [0.29, 0.717) is 9.83 Å². The lowest BCUT2D eigenvalue weighted by Crippen LogP contribution is -2.06. The van der Waals surface area contributed by atoms with Crippen LogP contribution in [0.2, 0.25) is 0 Å². The molecule has 0 bridgehead atoms. The van der Waals surface area contributed by atoms with E-state index in [-0.39, 0.29) is 5.12 Å². The van der Waals surface area contributed by atoms with Crippen LogP contribution in [0.4, 0.5) is 0 Å². The van der Waals surface area contributed by atoms with Crippen molar-refractivity contribution >= 4 is 40.4 Å². The second-order valence-corrected chi connectivity index (χ2v) is 9.12. The molecule has 2 aromatic carbocycles. The molecule has 2 unspecified atom stereocenters. The van der Waals surface area contributed by atoms with E-state index in [1.165, 1.54) is 34.5 Å². The SMILES string of the molecule is C=CC(=O)SCC1CSC(c2ccc(-c3ccccc3)cc2)S1. The van der Waals surface area contributed by atoms with Gasteiger partial charge in [0.2, 0.25) is 5.12 Å². The van der Waals surface area contributed by atoms with Crippen LogP contribution in [-0.2, 0) is 4.79 Å². The van der Waals surface area contributed by atoms with Crippen molar-refractivity contribution < 1.29 is 4.79 Å². The molecule has 2 atom stereocenters. The largest absolute Gasteiger partial charge is 0.282 e. The van der Waals surface area contributed by atoms with Gasteiger partial charge in [-0.25, -0.2) is 0 Å². The van der Waals surface area contributed by atoms with Crippen LogP contribution < -0.4 is 0 Å². The first kappa shape index (κ1) is 16.7. The van der Waals surface area contributed by atoms with Crippen LogP contribution in [0.15, 0.2) is 67.3 Å². The molecule has 1 nitrogen and oxygen atoms in total. The van der Waals surface area contributed by atoms with E-state index < -0.39 is 0 Å². The molecule has 1 aliphatic heterocycles. The van der Waals surface area contributed by atoms with Crippen LogP contribution >= 0.6 is 35.3 Å². The van der Waals surface area contributed by atoms with Crippen LogP contribution in [-0.4, -0.2) is 21.9 Å². The highest BCUT2D eigenvalue weighted by Crippen LogP contribution is 2.50. The molecule has 23 heavy (non-hydrogen) atoms. The fourth-order valence-electron chi connectivity index (χ4n) is 2.41. The standard InChI is InChI=1S/C19H18OS3/c1-2-18(20)21-12-17-13-22-19(23-17)16-10-8-15(9-11-16)14-6-4-3-5-7-14/h2-11,17,19H,1,12-13H2. The Kier molecular flexibility index (Phi) is 5.92. The number of carbonyl (C=O) groups is 1. The molecular weight excluding hydrogens is 340 g/mol. The second kappa shape index (κ2) is 8.13. The van der Waals surface area contributed by atoms with Crippen molar-refractivity contribution in [2.45, 2.75) is 9.83 Å². The number of hydrogen-bond donors (Lipinski definition) is 0. The predicted octanol–water partition coefficient (Wildman–Crippen LogP) is 5.65. The third kappa shape index (κ3) is 4.46. The zero-order valence-corrected chi connectivity index (χ0v) is 15.1. The second-order valence-electron chi connectivity index (χ2n) is 5.25. The van der Waals surface area contributed by atoms with Crippen LogP contribution in [0, 0.1) is 0 Å². The molecule has 0 N–H and O–H groups in total. The molecule has 118 valence electrons. The zero-order chi connectivity index (χ0) is 16.1. The van der Waals surface area contributed by atoms with Crippen LogP contribution in [0.1, 0.15) is 10.1 Å². The minimum Gasteiger partial charge on any atom is -0.282 e. The number of benzene rings is 2. The van der Waals surface area contributed by atoms with Gasteiger partial charge >= 0.3 is 0 Å². The van der Waals surface area contributed by atoms with Gasteiger partial charge in [-0.05, 0) is 22.8 Å². The van der Waals surface area contributed by atoms with E-state index >= 15 is 0 Å². The van der Waals surface area contributed by atoms with E-state index in [9.17, 15) is 4.79 Å². The Morgan fingerprint density at radius 1 is 1.13 bits per heavy atom.